The Hall–Kier alpha value is -3.67. The SMILES string of the molecule is O=C(NCCO)/C(=C\c1ccc(OC(F)(F)F)cc1)NC(=O)c1ccc(OCC(F)F)cc1. The maximum Gasteiger partial charge on any atom is 0.573 e. The van der Waals surface area contributed by atoms with Crippen LogP contribution in [0.2, 0.25) is 0 Å². The molecule has 0 fully saturated rings. The molecule has 2 aromatic carbocycles. The molecule has 0 aliphatic heterocycles. The van der Waals surface area contributed by atoms with Gasteiger partial charge in [-0.1, -0.05) is 12.1 Å². The maximum atomic E-state index is 12.5. The van der Waals surface area contributed by atoms with E-state index in [1.807, 2.05) is 0 Å². The number of hydrogen-bond donors (Lipinski definition) is 3. The fraction of sp³-hybridized carbons (Fsp3) is 0.238. The van der Waals surface area contributed by atoms with Crippen molar-refractivity contribution in [1.82, 2.24) is 10.6 Å². The first-order chi connectivity index (χ1) is 15.6. The summed E-state index contributed by atoms with van der Waals surface area (Å²) < 4.78 is 69.9. The number of benzene rings is 2. The number of aliphatic hydroxyl groups excluding tert-OH is 1. The van der Waals surface area contributed by atoms with Gasteiger partial charge in [0.2, 0.25) is 0 Å². The second-order valence-corrected chi connectivity index (χ2v) is 6.33. The number of alkyl halides is 5. The van der Waals surface area contributed by atoms with Crippen LogP contribution in [0.5, 0.6) is 11.5 Å². The Kier molecular flexibility index (Phi) is 9.16. The van der Waals surface area contributed by atoms with Crippen LogP contribution < -0.4 is 20.1 Å². The summed E-state index contributed by atoms with van der Waals surface area (Å²) in [5, 5.41) is 13.6. The van der Waals surface area contributed by atoms with Gasteiger partial charge in [0.1, 0.15) is 23.8 Å². The van der Waals surface area contributed by atoms with E-state index in [2.05, 4.69) is 15.4 Å². The molecule has 0 unspecified atom stereocenters. The van der Waals surface area contributed by atoms with E-state index in [1.165, 1.54) is 42.5 Å². The Balaban J connectivity index is 2.18. The Morgan fingerprint density at radius 1 is 1.00 bits per heavy atom. The predicted molar refractivity (Wildman–Crippen MR) is 107 cm³/mol. The van der Waals surface area contributed by atoms with Crippen molar-refractivity contribution in [2.75, 3.05) is 19.8 Å². The van der Waals surface area contributed by atoms with E-state index in [9.17, 15) is 31.5 Å². The number of nitrogens with one attached hydrogen (secondary N) is 2. The molecule has 0 aliphatic carbocycles. The number of amides is 2. The lowest BCUT2D eigenvalue weighted by Gasteiger charge is -2.12. The van der Waals surface area contributed by atoms with E-state index in [0.29, 0.717) is 0 Å². The molecule has 0 spiro atoms. The minimum absolute atomic E-state index is 0.0779. The molecule has 2 rings (SSSR count). The summed E-state index contributed by atoms with van der Waals surface area (Å²) in [5.41, 5.74) is 0.0971. The zero-order valence-electron chi connectivity index (χ0n) is 16.9. The van der Waals surface area contributed by atoms with Crippen molar-refractivity contribution in [2.24, 2.45) is 0 Å². The molecule has 0 saturated carbocycles. The summed E-state index contributed by atoms with van der Waals surface area (Å²) in [6.07, 6.45) is -6.31. The third-order valence-corrected chi connectivity index (χ3v) is 3.81. The van der Waals surface area contributed by atoms with Crippen LogP contribution in [-0.4, -0.2) is 49.5 Å². The van der Waals surface area contributed by atoms with Crippen LogP contribution in [0.3, 0.4) is 0 Å². The van der Waals surface area contributed by atoms with Gasteiger partial charge in [0.25, 0.3) is 18.2 Å². The molecule has 0 aliphatic rings. The Bertz CT molecular complexity index is 961. The molecule has 0 bridgehead atoms. The molecule has 0 saturated heterocycles. The highest BCUT2D eigenvalue weighted by Crippen LogP contribution is 2.23. The highest BCUT2D eigenvalue weighted by molar-refractivity contribution is 6.05. The molecule has 7 nitrogen and oxygen atoms in total. The van der Waals surface area contributed by atoms with Gasteiger partial charge >= 0.3 is 6.36 Å². The van der Waals surface area contributed by atoms with Gasteiger partial charge in [-0.15, -0.1) is 13.2 Å². The van der Waals surface area contributed by atoms with Gasteiger partial charge in [0, 0.05) is 12.1 Å². The zero-order valence-corrected chi connectivity index (χ0v) is 16.9. The number of hydrogen-bond acceptors (Lipinski definition) is 5. The molecule has 0 aromatic heterocycles. The van der Waals surface area contributed by atoms with E-state index in [4.69, 9.17) is 9.84 Å². The Morgan fingerprint density at radius 2 is 1.61 bits per heavy atom. The largest absolute Gasteiger partial charge is 0.573 e. The van der Waals surface area contributed by atoms with Crippen molar-refractivity contribution in [3.63, 3.8) is 0 Å². The zero-order chi connectivity index (χ0) is 24.4. The number of ether oxygens (including phenoxy) is 2. The van der Waals surface area contributed by atoms with E-state index in [1.54, 1.807) is 0 Å². The lowest BCUT2D eigenvalue weighted by atomic mass is 10.1. The van der Waals surface area contributed by atoms with Crippen molar-refractivity contribution in [3.8, 4) is 11.5 Å². The third-order valence-electron chi connectivity index (χ3n) is 3.81. The summed E-state index contributed by atoms with van der Waals surface area (Å²) >= 11 is 0. The van der Waals surface area contributed by atoms with Crippen LogP contribution in [0.1, 0.15) is 15.9 Å². The molecule has 178 valence electrons. The van der Waals surface area contributed by atoms with E-state index in [0.717, 1.165) is 12.1 Å². The van der Waals surface area contributed by atoms with Crippen molar-refractivity contribution in [1.29, 1.82) is 0 Å². The lowest BCUT2D eigenvalue weighted by Crippen LogP contribution is -2.36. The third kappa shape index (κ3) is 9.15. The molecule has 12 heteroatoms. The molecule has 33 heavy (non-hydrogen) atoms. The van der Waals surface area contributed by atoms with Crippen molar-refractivity contribution in [2.45, 2.75) is 12.8 Å². The van der Waals surface area contributed by atoms with Gasteiger partial charge in [0.15, 0.2) is 0 Å². The number of halogens is 5. The minimum atomic E-state index is -4.86. The molecule has 2 amide bonds. The first-order valence-corrected chi connectivity index (χ1v) is 9.36. The molecular weight excluding hydrogens is 455 g/mol. The second kappa shape index (κ2) is 11.8. The quantitative estimate of drug-likeness (QED) is 0.363. The standard InChI is InChI=1S/C21H19F5N2O5/c22-18(23)12-32-15-7-3-14(4-8-15)19(30)28-17(20(31)27-9-10-29)11-13-1-5-16(6-2-13)33-21(24,25)26/h1-8,11,18,29H,9-10,12H2,(H,27,31)(H,28,30)/b17-11+. The van der Waals surface area contributed by atoms with Gasteiger partial charge in [-0.05, 0) is 48.0 Å². The van der Waals surface area contributed by atoms with Gasteiger partial charge in [-0.3, -0.25) is 9.59 Å². The first-order valence-electron chi connectivity index (χ1n) is 9.36. The van der Waals surface area contributed by atoms with Crippen LogP contribution in [0, 0.1) is 0 Å². The maximum absolute atomic E-state index is 12.5. The highest BCUT2D eigenvalue weighted by Gasteiger charge is 2.30. The number of carbonyl (C=O) groups is 2. The first kappa shape index (κ1) is 25.6. The van der Waals surface area contributed by atoms with Gasteiger partial charge in [0.05, 0.1) is 6.61 Å². The average molecular weight is 474 g/mol. The molecule has 0 atom stereocenters. The topological polar surface area (TPSA) is 96.9 Å². The Morgan fingerprint density at radius 3 is 2.15 bits per heavy atom. The van der Waals surface area contributed by atoms with Crippen molar-refractivity contribution in [3.05, 3.63) is 65.4 Å². The molecule has 2 aromatic rings. The lowest BCUT2D eigenvalue weighted by molar-refractivity contribution is -0.274. The molecule has 0 heterocycles. The molecule has 3 N–H and O–H groups in total. The van der Waals surface area contributed by atoms with E-state index >= 15 is 0 Å². The molecule has 0 radical (unpaired) electrons. The summed E-state index contributed by atoms with van der Waals surface area (Å²) in [4.78, 5) is 24.9. The van der Waals surface area contributed by atoms with Gasteiger partial charge in [-0.25, -0.2) is 8.78 Å². The minimum Gasteiger partial charge on any atom is -0.488 e. The Labute approximate surface area is 184 Å². The van der Waals surface area contributed by atoms with E-state index in [-0.39, 0.29) is 35.7 Å². The summed E-state index contributed by atoms with van der Waals surface area (Å²) in [6, 6.07) is 9.72. The summed E-state index contributed by atoms with van der Waals surface area (Å²) in [5.74, 6) is -1.84. The van der Waals surface area contributed by atoms with Crippen LogP contribution in [-0.2, 0) is 4.79 Å². The monoisotopic (exact) mass is 474 g/mol. The van der Waals surface area contributed by atoms with Crippen LogP contribution in [0.25, 0.3) is 6.08 Å². The number of carbonyl (C=O) groups excluding carboxylic acids is 2. The summed E-state index contributed by atoms with van der Waals surface area (Å²) in [7, 11) is 0. The second-order valence-electron chi connectivity index (χ2n) is 6.33. The van der Waals surface area contributed by atoms with Crippen molar-refractivity contribution < 1.29 is 46.1 Å². The highest BCUT2D eigenvalue weighted by atomic mass is 19.4. The van der Waals surface area contributed by atoms with Crippen LogP contribution in [0.15, 0.2) is 54.2 Å². The fourth-order valence-electron chi connectivity index (χ4n) is 2.41. The average Bonchev–Trinajstić information content (AvgIpc) is 2.76. The normalized spacial score (nSPS) is 11.8. The summed E-state index contributed by atoms with van der Waals surface area (Å²) in [6.45, 7) is -1.28. The van der Waals surface area contributed by atoms with Gasteiger partial charge < -0.3 is 25.2 Å². The molecular formula is C21H19F5N2O5. The van der Waals surface area contributed by atoms with E-state index < -0.39 is 37.0 Å². The predicted octanol–water partition coefficient (Wildman–Crippen LogP) is 3.11. The van der Waals surface area contributed by atoms with Crippen molar-refractivity contribution >= 4 is 17.9 Å². The number of rotatable bonds is 10. The van der Waals surface area contributed by atoms with Crippen LogP contribution >= 0.6 is 0 Å². The smallest absolute Gasteiger partial charge is 0.488 e. The fourth-order valence-corrected chi connectivity index (χ4v) is 2.41. The number of aliphatic hydroxyl groups is 1. The van der Waals surface area contributed by atoms with Gasteiger partial charge in [-0.2, -0.15) is 0 Å². The van der Waals surface area contributed by atoms with Crippen LogP contribution in [0.4, 0.5) is 22.0 Å².